The minimum absolute atomic E-state index is 0.0397. The van der Waals surface area contributed by atoms with Gasteiger partial charge in [0, 0.05) is 37.7 Å². The monoisotopic (exact) mass is 553 g/mol. The number of carbonyl (C=O) groups excluding carboxylic acids is 1. The second-order valence-corrected chi connectivity index (χ2v) is 8.35. The van der Waals surface area contributed by atoms with Crippen LogP contribution in [0.3, 0.4) is 0 Å². The zero-order valence-corrected chi connectivity index (χ0v) is 20.1. The van der Waals surface area contributed by atoms with Gasteiger partial charge in [-0.05, 0) is 45.0 Å². The van der Waals surface area contributed by atoms with Gasteiger partial charge in [-0.15, -0.1) is 0 Å². The van der Waals surface area contributed by atoms with E-state index in [0.717, 1.165) is 36.8 Å². The van der Waals surface area contributed by atoms with Crippen molar-refractivity contribution in [1.29, 1.82) is 0 Å². The highest BCUT2D eigenvalue weighted by Gasteiger charge is 2.38. The molecule has 2 aliphatic rings. The Morgan fingerprint density at radius 1 is 0.921 bits per heavy atom. The lowest BCUT2D eigenvalue weighted by atomic mass is 10.2. The highest BCUT2D eigenvalue weighted by atomic mass is 19.4. The molecule has 0 saturated carbocycles. The van der Waals surface area contributed by atoms with Crippen LogP contribution < -0.4 is 0 Å². The fraction of sp³-hybridized carbons (Fsp3) is 0.500. The van der Waals surface area contributed by atoms with Gasteiger partial charge in [-0.3, -0.25) is 14.7 Å². The van der Waals surface area contributed by atoms with E-state index in [1.54, 1.807) is 6.20 Å². The lowest BCUT2D eigenvalue weighted by molar-refractivity contribution is -0.193. The Bertz CT molecular complexity index is 1090. The number of pyridine rings is 1. The van der Waals surface area contributed by atoms with Crippen LogP contribution in [0.2, 0.25) is 0 Å². The van der Waals surface area contributed by atoms with Gasteiger partial charge in [0.2, 0.25) is 0 Å². The van der Waals surface area contributed by atoms with Crippen molar-refractivity contribution in [2.45, 2.75) is 51.8 Å². The second-order valence-electron chi connectivity index (χ2n) is 8.35. The van der Waals surface area contributed by atoms with Crippen LogP contribution in [0.4, 0.5) is 26.3 Å². The number of hydrogen-bond donors (Lipinski definition) is 2. The molecule has 4 heterocycles. The molecule has 1 amide bonds. The number of imidazole rings is 1. The van der Waals surface area contributed by atoms with Crippen LogP contribution >= 0.6 is 0 Å². The first-order chi connectivity index (χ1) is 17.6. The third-order valence-corrected chi connectivity index (χ3v) is 5.37. The molecular formula is C22H25F6N5O5. The number of halogens is 6. The van der Waals surface area contributed by atoms with Crippen LogP contribution in [0.1, 0.15) is 40.4 Å². The van der Waals surface area contributed by atoms with Gasteiger partial charge in [0.05, 0.1) is 17.8 Å². The van der Waals surface area contributed by atoms with Crippen LogP contribution in [-0.4, -0.2) is 84.4 Å². The van der Waals surface area contributed by atoms with E-state index in [4.69, 9.17) is 24.8 Å². The Morgan fingerprint density at radius 2 is 1.47 bits per heavy atom. The number of carboxylic acid groups (broad SMARTS) is 2. The molecule has 0 radical (unpaired) electrons. The molecule has 4 rings (SSSR count). The summed E-state index contributed by atoms with van der Waals surface area (Å²) < 4.78 is 65.7. The third kappa shape index (κ3) is 9.32. The van der Waals surface area contributed by atoms with Crippen molar-refractivity contribution in [3.05, 3.63) is 47.3 Å². The van der Waals surface area contributed by atoms with Crippen LogP contribution in [0.5, 0.6) is 0 Å². The fourth-order valence-corrected chi connectivity index (χ4v) is 3.51. The first-order valence-electron chi connectivity index (χ1n) is 11.2. The van der Waals surface area contributed by atoms with Crippen molar-refractivity contribution >= 4 is 17.8 Å². The van der Waals surface area contributed by atoms with Crippen LogP contribution in [0.15, 0.2) is 24.5 Å². The molecule has 2 N–H and O–H groups in total. The molecule has 2 aromatic rings. The van der Waals surface area contributed by atoms with E-state index in [-0.39, 0.29) is 5.91 Å². The number of nitrogens with zero attached hydrogens (tertiary/aromatic N) is 5. The Balaban J connectivity index is 0.000000301. The highest BCUT2D eigenvalue weighted by Crippen LogP contribution is 2.18. The highest BCUT2D eigenvalue weighted by molar-refractivity contribution is 5.93. The van der Waals surface area contributed by atoms with E-state index in [9.17, 15) is 31.1 Å². The smallest absolute Gasteiger partial charge is 0.475 e. The van der Waals surface area contributed by atoms with Gasteiger partial charge >= 0.3 is 24.3 Å². The summed E-state index contributed by atoms with van der Waals surface area (Å²) in [4.78, 5) is 43.8. The molecule has 16 heteroatoms. The summed E-state index contributed by atoms with van der Waals surface area (Å²) in [6, 6.07) is 3.73. The average Bonchev–Trinajstić information content (AvgIpc) is 3.47. The zero-order valence-electron chi connectivity index (χ0n) is 20.1. The summed E-state index contributed by atoms with van der Waals surface area (Å²) in [5.41, 5.74) is 2.70. The minimum Gasteiger partial charge on any atom is -0.475 e. The maximum Gasteiger partial charge on any atom is 0.490 e. The standard InChI is InChI=1S/C18H23N5O.2C2HF3O2/c1-14-4-5-15(10-19-14)18(24)23-9-8-22-12-16(20-17(22)13-23)11-21-6-2-3-7-21;2*3-2(4,5)1(6)7/h4-5,10,12H,2-3,6-9,11,13H2,1H3;2*(H,6,7). The van der Waals surface area contributed by atoms with Crippen LogP contribution in [-0.2, 0) is 29.2 Å². The first-order valence-corrected chi connectivity index (χ1v) is 11.2. The average molecular weight is 553 g/mol. The quantitative estimate of drug-likeness (QED) is 0.555. The summed E-state index contributed by atoms with van der Waals surface area (Å²) in [6.45, 7) is 7.31. The predicted octanol–water partition coefficient (Wildman–Crippen LogP) is 3.10. The van der Waals surface area contributed by atoms with Gasteiger partial charge in [-0.25, -0.2) is 14.6 Å². The zero-order chi connectivity index (χ0) is 28.7. The summed E-state index contributed by atoms with van der Waals surface area (Å²) in [5.74, 6) is -4.48. The number of aromatic nitrogens is 3. The largest absolute Gasteiger partial charge is 0.490 e. The third-order valence-electron chi connectivity index (χ3n) is 5.37. The molecule has 2 aromatic heterocycles. The Kier molecular flexibility index (Phi) is 10.2. The molecule has 38 heavy (non-hydrogen) atoms. The molecule has 2 aliphatic heterocycles. The summed E-state index contributed by atoms with van der Waals surface area (Å²) in [5, 5.41) is 14.2. The van der Waals surface area contributed by atoms with Crippen molar-refractivity contribution < 1.29 is 50.9 Å². The van der Waals surface area contributed by atoms with E-state index < -0.39 is 24.3 Å². The van der Waals surface area contributed by atoms with E-state index >= 15 is 0 Å². The summed E-state index contributed by atoms with van der Waals surface area (Å²) >= 11 is 0. The summed E-state index contributed by atoms with van der Waals surface area (Å²) in [7, 11) is 0. The number of hydrogen-bond acceptors (Lipinski definition) is 6. The second kappa shape index (κ2) is 12.7. The first kappa shape index (κ1) is 30.5. The SMILES string of the molecule is Cc1ccc(C(=O)N2CCn3cc(CN4CCCC4)nc3C2)cn1.O=C(O)C(F)(F)F.O=C(O)C(F)(F)F. The van der Waals surface area contributed by atoms with Gasteiger partial charge in [0.25, 0.3) is 5.91 Å². The van der Waals surface area contributed by atoms with E-state index in [2.05, 4.69) is 20.6 Å². The maximum absolute atomic E-state index is 12.6. The lowest BCUT2D eigenvalue weighted by Crippen LogP contribution is -2.38. The van der Waals surface area contributed by atoms with Gasteiger partial charge < -0.3 is 19.7 Å². The molecule has 0 aromatic carbocycles. The Labute approximate surface area is 212 Å². The number of alkyl halides is 6. The molecule has 10 nitrogen and oxygen atoms in total. The van der Waals surface area contributed by atoms with Gasteiger partial charge in [-0.2, -0.15) is 26.3 Å². The van der Waals surface area contributed by atoms with Crippen LogP contribution in [0.25, 0.3) is 0 Å². The van der Waals surface area contributed by atoms with Crippen molar-refractivity contribution in [3.63, 3.8) is 0 Å². The molecule has 0 unspecified atom stereocenters. The van der Waals surface area contributed by atoms with Crippen LogP contribution in [0, 0.1) is 6.92 Å². The van der Waals surface area contributed by atoms with E-state index in [1.807, 2.05) is 24.0 Å². The minimum atomic E-state index is -5.08. The number of likely N-dealkylation sites (tertiary alicyclic amines) is 1. The van der Waals surface area contributed by atoms with Crippen molar-refractivity contribution in [1.82, 2.24) is 24.3 Å². The number of fused-ring (bicyclic) bond motifs is 1. The van der Waals surface area contributed by atoms with E-state index in [1.165, 1.54) is 25.9 Å². The molecule has 1 saturated heterocycles. The number of carbonyl (C=O) groups is 3. The Morgan fingerprint density at radius 3 is 1.95 bits per heavy atom. The topological polar surface area (TPSA) is 129 Å². The van der Waals surface area contributed by atoms with Gasteiger partial charge in [-0.1, -0.05) is 0 Å². The van der Waals surface area contributed by atoms with Crippen molar-refractivity contribution in [2.75, 3.05) is 19.6 Å². The van der Waals surface area contributed by atoms with Crippen molar-refractivity contribution in [2.24, 2.45) is 0 Å². The molecule has 1 fully saturated rings. The normalized spacial score (nSPS) is 15.5. The molecule has 210 valence electrons. The number of amides is 1. The Hall–Kier alpha value is -3.69. The molecular weight excluding hydrogens is 528 g/mol. The lowest BCUT2D eigenvalue weighted by Gasteiger charge is -2.27. The fourth-order valence-electron chi connectivity index (χ4n) is 3.51. The van der Waals surface area contributed by atoms with Gasteiger partial charge in [0.1, 0.15) is 5.82 Å². The maximum atomic E-state index is 12.6. The number of aliphatic carboxylic acids is 2. The molecule has 0 spiro atoms. The number of rotatable bonds is 3. The number of aryl methyl sites for hydroxylation is 1. The van der Waals surface area contributed by atoms with Crippen molar-refractivity contribution in [3.8, 4) is 0 Å². The molecule has 0 aliphatic carbocycles. The summed E-state index contributed by atoms with van der Waals surface area (Å²) in [6.07, 6.45) is -3.76. The molecule has 0 atom stereocenters. The number of carboxylic acids is 2. The van der Waals surface area contributed by atoms with E-state index in [0.29, 0.717) is 12.1 Å². The van der Waals surface area contributed by atoms with Gasteiger partial charge in [0.15, 0.2) is 0 Å². The predicted molar refractivity (Wildman–Crippen MR) is 118 cm³/mol. The molecule has 0 bridgehead atoms.